The summed E-state index contributed by atoms with van der Waals surface area (Å²) in [5, 5.41) is 2.58. The summed E-state index contributed by atoms with van der Waals surface area (Å²) >= 11 is 11.4. The molecule has 1 rings (SSSR count). The van der Waals surface area contributed by atoms with Gasteiger partial charge in [-0.1, -0.05) is 23.2 Å². The van der Waals surface area contributed by atoms with Gasteiger partial charge in [-0.2, -0.15) is 0 Å². The Morgan fingerprint density at radius 1 is 1.54 bits per heavy atom. The lowest BCUT2D eigenvalue weighted by atomic mass is 10.2. The summed E-state index contributed by atoms with van der Waals surface area (Å²) in [6.07, 6.45) is 0.107. The van der Waals surface area contributed by atoms with Gasteiger partial charge in [-0.05, 0) is 20.8 Å². The molecule has 1 amide bonds. The van der Waals surface area contributed by atoms with E-state index in [9.17, 15) is 4.79 Å². The average molecular weight is 226 g/mol. The first-order valence-electron chi connectivity index (χ1n) is 4.08. The van der Waals surface area contributed by atoms with Crippen molar-refractivity contribution in [1.29, 1.82) is 0 Å². The van der Waals surface area contributed by atoms with Crippen LogP contribution < -0.4 is 5.32 Å². The minimum absolute atomic E-state index is 0.175. The molecule has 13 heavy (non-hydrogen) atoms. The Balaban J connectivity index is 2.28. The Labute approximate surface area is 87.7 Å². The van der Waals surface area contributed by atoms with Crippen molar-refractivity contribution in [2.75, 3.05) is 0 Å². The molecule has 1 atom stereocenters. The zero-order valence-corrected chi connectivity index (χ0v) is 9.37. The van der Waals surface area contributed by atoms with Gasteiger partial charge in [0.05, 0.1) is 6.04 Å². The lowest BCUT2D eigenvalue weighted by Crippen LogP contribution is -2.35. The number of alkyl halides is 2. The van der Waals surface area contributed by atoms with Crippen molar-refractivity contribution in [3.63, 3.8) is 0 Å². The van der Waals surface area contributed by atoms with Crippen LogP contribution in [0.4, 0.5) is 4.79 Å². The molecule has 3 nitrogen and oxygen atoms in total. The molecule has 0 radical (unpaired) electrons. The predicted molar refractivity (Wildman–Crippen MR) is 52.2 cm³/mol. The van der Waals surface area contributed by atoms with Gasteiger partial charge in [0.15, 0.2) is 0 Å². The van der Waals surface area contributed by atoms with Gasteiger partial charge in [0.25, 0.3) is 0 Å². The molecule has 0 aromatic carbocycles. The Kier molecular flexibility index (Phi) is 2.70. The lowest BCUT2D eigenvalue weighted by Gasteiger charge is -2.19. The van der Waals surface area contributed by atoms with E-state index in [0.29, 0.717) is 6.42 Å². The maximum Gasteiger partial charge on any atom is 0.407 e. The van der Waals surface area contributed by atoms with Crippen LogP contribution in [0.15, 0.2) is 0 Å². The number of amides is 1. The summed E-state index contributed by atoms with van der Waals surface area (Å²) in [6.45, 7) is 5.40. The van der Waals surface area contributed by atoms with Gasteiger partial charge in [0.1, 0.15) is 9.93 Å². The number of hydrogen-bond acceptors (Lipinski definition) is 2. The molecule has 0 aliphatic heterocycles. The fraction of sp³-hybridized carbons (Fsp3) is 0.875. The standard InChI is InChI=1S/C8H13Cl2NO2/c1-7(2,3)13-6(12)11-5-4-8(5,9)10/h5H,4H2,1-3H3,(H,11,12). The van der Waals surface area contributed by atoms with Crippen molar-refractivity contribution in [3.05, 3.63) is 0 Å². The third-order valence-corrected chi connectivity index (χ3v) is 2.35. The number of rotatable bonds is 1. The summed E-state index contributed by atoms with van der Waals surface area (Å²) in [6, 6.07) is -0.175. The van der Waals surface area contributed by atoms with E-state index in [4.69, 9.17) is 27.9 Å². The van der Waals surface area contributed by atoms with Crippen molar-refractivity contribution < 1.29 is 9.53 Å². The molecule has 0 aromatic rings. The summed E-state index contributed by atoms with van der Waals surface area (Å²) < 4.78 is 4.22. The minimum Gasteiger partial charge on any atom is -0.444 e. The average Bonchev–Trinajstić information content (AvgIpc) is 2.32. The topological polar surface area (TPSA) is 38.3 Å². The van der Waals surface area contributed by atoms with E-state index in [0.717, 1.165) is 0 Å². The van der Waals surface area contributed by atoms with Gasteiger partial charge in [-0.15, -0.1) is 0 Å². The number of carbonyl (C=O) groups is 1. The van der Waals surface area contributed by atoms with Crippen LogP contribution in [0.2, 0.25) is 0 Å². The van der Waals surface area contributed by atoms with Gasteiger partial charge in [-0.25, -0.2) is 4.79 Å². The third kappa shape index (κ3) is 3.61. The Morgan fingerprint density at radius 2 is 2.00 bits per heavy atom. The molecule has 1 N–H and O–H groups in total. The number of carbonyl (C=O) groups excluding carboxylic acids is 1. The quantitative estimate of drug-likeness (QED) is 0.697. The zero-order chi connectivity index (χ0) is 10.3. The highest BCUT2D eigenvalue weighted by molar-refractivity contribution is 6.51. The first-order valence-corrected chi connectivity index (χ1v) is 4.84. The molecule has 0 spiro atoms. The molecule has 0 bridgehead atoms. The molecule has 76 valence electrons. The van der Waals surface area contributed by atoms with Crippen LogP contribution in [0.1, 0.15) is 27.2 Å². The monoisotopic (exact) mass is 225 g/mol. The third-order valence-electron chi connectivity index (χ3n) is 1.52. The molecular weight excluding hydrogens is 213 g/mol. The molecule has 0 heterocycles. The summed E-state index contributed by atoms with van der Waals surface area (Å²) in [5.74, 6) is 0. The first-order chi connectivity index (χ1) is 5.71. The van der Waals surface area contributed by atoms with Crippen molar-refractivity contribution >= 4 is 29.3 Å². The highest BCUT2D eigenvalue weighted by atomic mass is 35.5. The van der Waals surface area contributed by atoms with E-state index in [2.05, 4.69) is 5.32 Å². The lowest BCUT2D eigenvalue weighted by molar-refractivity contribution is 0.0523. The number of ether oxygens (including phenoxy) is 1. The smallest absolute Gasteiger partial charge is 0.407 e. The molecule has 1 saturated carbocycles. The van der Waals surface area contributed by atoms with Crippen LogP contribution >= 0.6 is 23.2 Å². The van der Waals surface area contributed by atoms with Crippen LogP contribution in [0, 0.1) is 0 Å². The fourth-order valence-electron chi connectivity index (χ4n) is 0.820. The number of nitrogens with one attached hydrogen (secondary N) is 1. The van der Waals surface area contributed by atoms with Gasteiger partial charge in [0.2, 0.25) is 0 Å². The van der Waals surface area contributed by atoms with Crippen molar-refractivity contribution in [2.45, 2.75) is 43.2 Å². The predicted octanol–water partition coefficient (Wildman–Crippen LogP) is 2.46. The van der Waals surface area contributed by atoms with Crippen LogP contribution in [0.5, 0.6) is 0 Å². The van der Waals surface area contributed by atoms with Gasteiger partial charge < -0.3 is 10.1 Å². The van der Waals surface area contributed by atoms with Crippen molar-refractivity contribution in [2.24, 2.45) is 0 Å². The number of hydrogen-bond donors (Lipinski definition) is 1. The number of halogens is 2. The van der Waals surface area contributed by atoms with Gasteiger partial charge >= 0.3 is 6.09 Å². The largest absolute Gasteiger partial charge is 0.444 e. The van der Waals surface area contributed by atoms with Crippen LogP contribution in [-0.2, 0) is 4.74 Å². The van der Waals surface area contributed by atoms with E-state index in [-0.39, 0.29) is 6.04 Å². The molecule has 1 aliphatic carbocycles. The van der Waals surface area contributed by atoms with Crippen molar-refractivity contribution in [1.82, 2.24) is 5.32 Å². The maximum atomic E-state index is 11.1. The maximum absolute atomic E-state index is 11.1. The van der Waals surface area contributed by atoms with E-state index in [1.54, 1.807) is 20.8 Å². The molecular formula is C8H13Cl2NO2. The molecule has 0 aromatic heterocycles. The van der Waals surface area contributed by atoms with Gasteiger partial charge in [-0.3, -0.25) is 0 Å². The SMILES string of the molecule is CC(C)(C)OC(=O)NC1CC1(Cl)Cl. The zero-order valence-electron chi connectivity index (χ0n) is 7.86. The Hall–Kier alpha value is -0.150. The summed E-state index contributed by atoms with van der Waals surface area (Å²) in [7, 11) is 0. The van der Waals surface area contributed by atoms with E-state index in [1.165, 1.54) is 0 Å². The van der Waals surface area contributed by atoms with Crippen molar-refractivity contribution in [3.8, 4) is 0 Å². The first kappa shape index (κ1) is 10.9. The molecule has 5 heteroatoms. The van der Waals surface area contributed by atoms with Crippen LogP contribution in [0.3, 0.4) is 0 Å². The van der Waals surface area contributed by atoms with Gasteiger partial charge in [0, 0.05) is 6.42 Å². The second-order valence-corrected chi connectivity index (χ2v) is 5.71. The normalized spacial score (nSPS) is 25.2. The second-order valence-electron chi connectivity index (χ2n) is 4.16. The Bertz CT molecular complexity index is 223. The highest BCUT2D eigenvalue weighted by Gasteiger charge is 2.53. The van der Waals surface area contributed by atoms with Crippen LogP contribution in [-0.4, -0.2) is 22.1 Å². The van der Waals surface area contributed by atoms with E-state index in [1.807, 2.05) is 0 Å². The fourth-order valence-corrected chi connectivity index (χ4v) is 1.24. The molecule has 1 aliphatic rings. The molecule has 0 saturated heterocycles. The van der Waals surface area contributed by atoms with E-state index < -0.39 is 16.0 Å². The summed E-state index contributed by atoms with van der Waals surface area (Å²) in [4.78, 5) is 11.1. The molecule has 1 fully saturated rings. The minimum atomic E-state index is -0.795. The second kappa shape index (κ2) is 3.21. The highest BCUT2D eigenvalue weighted by Crippen LogP contribution is 2.46. The number of alkyl carbamates (subject to hydrolysis) is 1. The van der Waals surface area contributed by atoms with Crippen LogP contribution in [0.25, 0.3) is 0 Å². The Morgan fingerprint density at radius 3 is 2.31 bits per heavy atom. The summed E-state index contributed by atoms with van der Waals surface area (Å²) in [5.41, 5.74) is -0.486. The van der Waals surface area contributed by atoms with E-state index >= 15 is 0 Å². The molecule has 1 unspecified atom stereocenters.